The van der Waals surface area contributed by atoms with Crippen molar-refractivity contribution in [2.75, 3.05) is 7.11 Å². The number of hydrogen-bond donors (Lipinski definition) is 0. The molecule has 0 spiro atoms. The van der Waals surface area contributed by atoms with Gasteiger partial charge in [-0.15, -0.1) is 0 Å². The van der Waals surface area contributed by atoms with Crippen molar-refractivity contribution in [3.63, 3.8) is 0 Å². The molecule has 2 aromatic rings. The van der Waals surface area contributed by atoms with Gasteiger partial charge in [0.1, 0.15) is 5.75 Å². The molecule has 2 aromatic carbocycles. The highest BCUT2D eigenvalue weighted by Gasteiger charge is 2.18. The topological polar surface area (TPSA) is 9.23 Å². The van der Waals surface area contributed by atoms with E-state index >= 15 is 0 Å². The lowest BCUT2D eigenvalue weighted by molar-refractivity contribution is 0.406. The van der Waals surface area contributed by atoms with Crippen LogP contribution in [-0.2, 0) is 6.42 Å². The zero-order valence-electron chi connectivity index (χ0n) is 11.0. The van der Waals surface area contributed by atoms with Crippen molar-refractivity contribution in [2.24, 2.45) is 0 Å². The van der Waals surface area contributed by atoms with E-state index in [1.807, 2.05) is 0 Å². The van der Waals surface area contributed by atoms with Gasteiger partial charge in [0, 0.05) is 15.4 Å². The molecule has 1 nitrogen and oxygen atoms in total. The van der Waals surface area contributed by atoms with Gasteiger partial charge in [-0.3, -0.25) is 0 Å². The fourth-order valence-corrected chi connectivity index (χ4v) is 3.72. The van der Waals surface area contributed by atoms with Crippen LogP contribution in [0.1, 0.15) is 16.0 Å². The van der Waals surface area contributed by atoms with Crippen molar-refractivity contribution < 1.29 is 13.5 Å². The van der Waals surface area contributed by atoms with Crippen LogP contribution >= 0.6 is 43.5 Å². The van der Waals surface area contributed by atoms with E-state index in [9.17, 15) is 8.78 Å². The summed E-state index contributed by atoms with van der Waals surface area (Å²) in [6.07, 6.45) is 0.473. The molecule has 0 radical (unpaired) electrons. The predicted octanol–water partition coefficient (Wildman–Crippen LogP) is 6.07. The van der Waals surface area contributed by atoms with Gasteiger partial charge in [-0.05, 0) is 52.2 Å². The van der Waals surface area contributed by atoms with Crippen LogP contribution in [0.2, 0.25) is 5.02 Å². The smallest absolute Gasteiger partial charge is 0.159 e. The van der Waals surface area contributed by atoms with Crippen molar-refractivity contribution in [3.8, 4) is 5.75 Å². The molecule has 6 heteroatoms. The highest BCUT2D eigenvalue weighted by Crippen LogP contribution is 2.40. The number of rotatable bonds is 4. The fourth-order valence-electron chi connectivity index (χ4n) is 2.01. The van der Waals surface area contributed by atoms with Gasteiger partial charge in [0.2, 0.25) is 0 Å². The summed E-state index contributed by atoms with van der Waals surface area (Å²) < 4.78 is 32.3. The van der Waals surface area contributed by atoms with Crippen LogP contribution in [0.4, 0.5) is 8.78 Å². The summed E-state index contributed by atoms with van der Waals surface area (Å²) in [6.45, 7) is 0. The Morgan fingerprint density at radius 1 is 1.19 bits per heavy atom. The van der Waals surface area contributed by atoms with Crippen LogP contribution < -0.4 is 4.74 Å². The molecule has 21 heavy (non-hydrogen) atoms. The van der Waals surface area contributed by atoms with Crippen LogP contribution in [0.25, 0.3) is 0 Å². The Bertz CT molecular complexity index is 664. The molecule has 0 aromatic heterocycles. The number of hydrogen-bond acceptors (Lipinski definition) is 1. The molecule has 0 saturated heterocycles. The van der Waals surface area contributed by atoms with Gasteiger partial charge >= 0.3 is 0 Å². The summed E-state index contributed by atoms with van der Waals surface area (Å²) in [5.74, 6) is -1.05. The number of alkyl halides is 1. The average Bonchev–Trinajstić information content (AvgIpc) is 2.42. The van der Waals surface area contributed by atoms with Crippen molar-refractivity contribution in [3.05, 3.63) is 62.6 Å². The summed E-state index contributed by atoms with van der Waals surface area (Å²) in [5, 5.41) is 0.562. The molecule has 2 rings (SSSR count). The zero-order chi connectivity index (χ0) is 15.6. The van der Waals surface area contributed by atoms with Gasteiger partial charge in [-0.25, -0.2) is 8.78 Å². The number of ether oxygens (including phenoxy) is 1. The van der Waals surface area contributed by atoms with Gasteiger partial charge in [-0.1, -0.05) is 33.6 Å². The molecule has 1 unspecified atom stereocenters. The minimum Gasteiger partial charge on any atom is -0.495 e. The molecule has 0 N–H and O–H groups in total. The Morgan fingerprint density at radius 2 is 1.90 bits per heavy atom. The maximum absolute atomic E-state index is 13.3. The van der Waals surface area contributed by atoms with Crippen LogP contribution in [0.5, 0.6) is 5.75 Å². The quantitative estimate of drug-likeness (QED) is 0.525. The Morgan fingerprint density at radius 3 is 2.52 bits per heavy atom. The van der Waals surface area contributed by atoms with E-state index in [4.69, 9.17) is 16.3 Å². The molecule has 112 valence electrons. The largest absolute Gasteiger partial charge is 0.495 e. The van der Waals surface area contributed by atoms with Crippen LogP contribution in [0.15, 0.2) is 34.8 Å². The zero-order valence-corrected chi connectivity index (χ0v) is 14.9. The van der Waals surface area contributed by atoms with E-state index in [0.29, 0.717) is 22.8 Å². The van der Waals surface area contributed by atoms with Gasteiger partial charge in [0.15, 0.2) is 11.6 Å². The number of methoxy groups -OCH3 is 1. The van der Waals surface area contributed by atoms with Gasteiger partial charge in [-0.2, -0.15) is 0 Å². The number of halogens is 5. The van der Waals surface area contributed by atoms with E-state index in [2.05, 4.69) is 31.9 Å². The lowest BCUT2D eigenvalue weighted by Gasteiger charge is -2.16. The van der Waals surface area contributed by atoms with Crippen LogP contribution in [0, 0.1) is 11.6 Å². The Kier molecular flexibility index (Phi) is 5.63. The molecule has 0 amide bonds. The lowest BCUT2D eigenvalue weighted by atomic mass is 10.0. The molecule has 0 fully saturated rings. The molecular formula is C15H11Br2ClF2O. The fraction of sp³-hybridized carbons (Fsp3) is 0.200. The van der Waals surface area contributed by atoms with E-state index in [1.54, 1.807) is 25.3 Å². The van der Waals surface area contributed by atoms with Gasteiger partial charge < -0.3 is 4.74 Å². The van der Waals surface area contributed by atoms with Crippen molar-refractivity contribution >= 4 is 43.5 Å². The monoisotopic (exact) mass is 438 g/mol. The van der Waals surface area contributed by atoms with Crippen molar-refractivity contribution in [1.82, 2.24) is 0 Å². The second-order valence-electron chi connectivity index (χ2n) is 4.43. The molecule has 0 bridgehead atoms. The SMILES string of the molecule is COc1c(Br)cc(Cl)cc1C(Br)Cc1ccc(F)c(F)c1. The van der Waals surface area contributed by atoms with Gasteiger partial charge in [0.05, 0.1) is 11.6 Å². The van der Waals surface area contributed by atoms with E-state index in [0.717, 1.165) is 16.1 Å². The summed E-state index contributed by atoms with van der Waals surface area (Å²) in [6, 6.07) is 7.38. The summed E-state index contributed by atoms with van der Waals surface area (Å²) >= 11 is 13.0. The lowest BCUT2D eigenvalue weighted by Crippen LogP contribution is -2.00. The minimum atomic E-state index is -0.855. The third-order valence-corrected chi connectivity index (χ3v) is 4.60. The predicted molar refractivity (Wildman–Crippen MR) is 87.4 cm³/mol. The normalized spacial score (nSPS) is 12.3. The molecule has 0 aliphatic carbocycles. The molecule has 0 aliphatic heterocycles. The first-order valence-corrected chi connectivity index (χ1v) is 8.12. The minimum absolute atomic E-state index is 0.146. The highest BCUT2D eigenvalue weighted by molar-refractivity contribution is 9.10. The van der Waals surface area contributed by atoms with Crippen LogP contribution in [0.3, 0.4) is 0 Å². The Hall–Kier alpha value is -0.650. The van der Waals surface area contributed by atoms with E-state index < -0.39 is 11.6 Å². The average molecular weight is 441 g/mol. The number of benzene rings is 2. The standard InChI is InChI=1S/C15H11Br2ClF2O/c1-21-15-10(6-9(18)7-12(15)17)11(16)4-8-2-3-13(19)14(20)5-8/h2-3,5-7,11H,4H2,1H3. The molecule has 1 atom stereocenters. The van der Waals surface area contributed by atoms with Crippen LogP contribution in [-0.4, -0.2) is 7.11 Å². The summed E-state index contributed by atoms with van der Waals surface area (Å²) in [4.78, 5) is -0.146. The Balaban J connectivity index is 2.31. The maximum atomic E-state index is 13.3. The molecular weight excluding hydrogens is 429 g/mol. The van der Waals surface area contributed by atoms with Crippen molar-refractivity contribution in [1.29, 1.82) is 0 Å². The molecule has 0 saturated carbocycles. The summed E-state index contributed by atoms with van der Waals surface area (Å²) in [7, 11) is 1.56. The molecule has 0 heterocycles. The van der Waals surface area contributed by atoms with E-state index in [-0.39, 0.29) is 4.83 Å². The van der Waals surface area contributed by atoms with E-state index in [1.165, 1.54) is 6.07 Å². The first-order chi connectivity index (χ1) is 9.92. The third kappa shape index (κ3) is 3.96. The second kappa shape index (κ2) is 7.07. The molecule has 0 aliphatic rings. The Labute approximate surface area is 143 Å². The second-order valence-corrected chi connectivity index (χ2v) is 6.83. The van der Waals surface area contributed by atoms with Gasteiger partial charge in [0.25, 0.3) is 0 Å². The maximum Gasteiger partial charge on any atom is 0.159 e. The summed E-state index contributed by atoms with van der Waals surface area (Å²) in [5.41, 5.74) is 1.51. The van der Waals surface area contributed by atoms with Crippen molar-refractivity contribution in [2.45, 2.75) is 11.2 Å². The third-order valence-electron chi connectivity index (χ3n) is 2.98. The first kappa shape index (κ1) is 16.7. The first-order valence-electron chi connectivity index (χ1n) is 6.03. The highest BCUT2D eigenvalue weighted by atomic mass is 79.9.